The van der Waals surface area contributed by atoms with Gasteiger partial charge in [0, 0.05) is 16.6 Å². The van der Waals surface area contributed by atoms with Gasteiger partial charge in [-0.1, -0.05) is 35.3 Å². The van der Waals surface area contributed by atoms with Gasteiger partial charge in [-0.3, -0.25) is 0 Å². The third-order valence-corrected chi connectivity index (χ3v) is 4.11. The van der Waals surface area contributed by atoms with Crippen LogP contribution in [0.25, 0.3) is 0 Å². The van der Waals surface area contributed by atoms with Gasteiger partial charge in [0.05, 0.1) is 13.2 Å². The quantitative estimate of drug-likeness (QED) is 0.556. The van der Waals surface area contributed by atoms with E-state index in [0.29, 0.717) is 23.3 Å². The predicted octanol–water partition coefficient (Wildman–Crippen LogP) is 5.54. The number of rotatable bonds is 9. The Labute approximate surface area is 166 Å². The Balaban J connectivity index is 0.00000312. The van der Waals surface area contributed by atoms with Gasteiger partial charge in [-0.15, -0.1) is 12.4 Å². The average Bonchev–Trinajstić information content (AvgIpc) is 2.56. The standard InChI is InChI=1S/C19H23Cl2NO2.ClH/c1-3-23-18-8-5-14(11-19(18)24-4-2)13-22-10-9-15-6-7-16(20)12-17(15)21;/h5-8,11-12,22H,3-4,9-10,13H2,1-2H3;1H. The number of benzene rings is 2. The Hall–Kier alpha value is -1.13. The lowest BCUT2D eigenvalue weighted by molar-refractivity contribution is 0.287. The van der Waals surface area contributed by atoms with Gasteiger partial charge in [-0.05, 0) is 62.2 Å². The van der Waals surface area contributed by atoms with Gasteiger partial charge < -0.3 is 14.8 Å². The Morgan fingerprint density at radius 3 is 2.32 bits per heavy atom. The van der Waals surface area contributed by atoms with Crippen LogP contribution in [0.15, 0.2) is 36.4 Å². The molecule has 0 fully saturated rings. The number of ether oxygens (including phenoxy) is 2. The van der Waals surface area contributed by atoms with Gasteiger partial charge in [-0.25, -0.2) is 0 Å². The third kappa shape index (κ3) is 6.95. The Morgan fingerprint density at radius 1 is 0.920 bits per heavy atom. The summed E-state index contributed by atoms with van der Waals surface area (Å²) in [7, 11) is 0. The zero-order valence-corrected chi connectivity index (χ0v) is 16.8. The van der Waals surface area contributed by atoms with Gasteiger partial charge in [0.15, 0.2) is 11.5 Å². The minimum Gasteiger partial charge on any atom is -0.490 e. The summed E-state index contributed by atoms with van der Waals surface area (Å²) in [6, 6.07) is 11.6. The molecule has 0 heterocycles. The van der Waals surface area contributed by atoms with Crippen molar-refractivity contribution in [2.24, 2.45) is 0 Å². The number of nitrogens with one attached hydrogen (secondary N) is 1. The lowest BCUT2D eigenvalue weighted by atomic mass is 10.1. The van der Waals surface area contributed by atoms with E-state index in [1.807, 2.05) is 38.1 Å². The van der Waals surface area contributed by atoms with Crippen molar-refractivity contribution in [2.75, 3.05) is 19.8 Å². The largest absolute Gasteiger partial charge is 0.490 e. The molecule has 0 aliphatic rings. The van der Waals surface area contributed by atoms with Crippen molar-refractivity contribution in [1.29, 1.82) is 0 Å². The first-order chi connectivity index (χ1) is 11.6. The number of hydrogen-bond donors (Lipinski definition) is 1. The molecule has 0 aliphatic carbocycles. The first kappa shape index (κ1) is 21.9. The van der Waals surface area contributed by atoms with Crippen molar-refractivity contribution in [3.05, 3.63) is 57.6 Å². The first-order valence-corrected chi connectivity index (χ1v) is 8.92. The minimum atomic E-state index is 0. The number of hydrogen-bond acceptors (Lipinski definition) is 3. The monoisotopic (exact) mass is 403 g/mol. The summed E-state index contributed by atoms with van der Waals surface area (Å²) < 4.78 is 11.2. The van der Waals surface area contributed by atoms with Crippen LogP contribution < -0.4 is 14.8 Å². The van der Waals surface area contributed by atoms with Crippen LogP contribution in [0, 0.1) is 0 Å². The molecule has 0 saturated carbocycles. The van der Waals surface area contributed by atoms with E-state index in [4.69, 9.17) is 32.7 Å². The predicted molar refractivity (Wildman–Crippen MR) is 108 cm³/mol. The minimum absolute atomic E-state index is 0. The SMILES string of the molecule is CCOc1ccc(CNCCc2ccc(Cl)cc2Cl)cc1OCC.Cl. The van der Waals surface area contributed by atoms with E-state index < -0.39 is 0 Å². The summed E-state index contributed by atoms with van der Waals surface area (Å²) in [6.07, 6.45) is 0.853. The van der Waals surface area contributed by atoms with E-state index in [2.05, 4.69) is 11.4 Å². The maximum absolute atomic E-state index is 6.19. The Kier molecular flexibility index (Phi) is 10.1. The van der Waals surface area contributed by atoms with Crippen LogP contribution in [-0.2, 0) is 13.0 Å². The Bertz CT molecular complexity index is 665. The van der Waals surface area contributed by atoms with Crippen molar-refractivity contribution < 1.29 is 9.47 Å². The summed E-state index contributed by atoms with van der Waals surface area (Å²) in [4.78, 5) is 0. The zero-order chi connectivity index (χ0) is 17.4. The average molecular weight is 405 g/mol. The normalized spacial score (nSPS) is 10.2. The lowest BCUT2D eigenvalue weighted by Gasteiger charge is -2.13. The van der Waals surface area contributed by atoms with E-state index in [1.54, 1.807) is 6.07 Å². The second-order valence-corrected chi connectivity index (χ2v) is 6.15. The van der Waals surface area contributed by atoms with Gasteiger partial charge in [-0.2, -0.15) is 0 Å². The van der Waals surface area contributed by atoms with Crippen LogP contribution >= 0.6 is 35.6 Å². The fraction of sp³-hybridized carbons (Fsp3) is 0.368. The van der Waals surface area contributed by atoms with Crippen LogP contribution in [0.5, 0.6) is 11.5 Å². The van der Waals surface area contributed by atoms with Crippen LogP contribution in [0.1, 0.15) is 25.0 Å². The topological polar surface area (TPSA) is 30.5 Å². The molecule has 0 aromatic heterocycles. The fourth-order valence-electron chi connectivity index (χ4n) is 2.39. The van der Waals surface area contributed by atoms with E-state index in [-0.39, 0.29) is 12.4 Å². The molecule has 0 spiro atoms. The molecule has 6 heteroatoms. The molecule has 2 aromatic carbocycles. The van der Waals surface area contributed by atoms with Gasteiger partial charge in [0.25, 0.3) is 0 Å². The summed E-state index contributed by atoms with van der Waals surface area (Å²) in [5.74, 6) is 1.58. The van der Waals surface area contributed by atoms with Gasteiger partial charge >= 0.3 is 0 Å². The molecule has 0 amide bonds. The highest BCUT2D eigenvalue weighted by molar-refractivity contribution is 6.35. The summed E-state index contributed by atoms with van der Waals surface area (Å²) in [6.45, 7) is 6.77. The molecule has 0 saturated heterocycles. The van der Waals surface area contributed by atoms with Gasteiger partial charge in [0.1, 0.15) is 0 Å². The summed E-state index contributed by atoms with van der Waals surface area (Å²) in [5.41, 5.74) is 2.25. The second kappa shape index (κ2) is 11.5. The highest BCUT2D eigenvalue weighted by Gasteiger charge is 2.06. The van der Waals surface area contributed by atoms with Crippen molar-refractivity contribution in [3.8, 4) is 11.5 Å². The maximum atomic E-state index is 6.19. The van der Waals surface area contributed by atoms with Crippen molar-refractivity contribution in [1.82, 2.24) is 5.32 Å². The lowest BCUT2D eigenvalue weighted by Crippen LogP contribution is -2.17. The van der Waals surface area contributed by atoms with Crippen LogP contribution in [0.2, 0.25) is 10.0 Å². The third-order valence-electron chi connectivity index (χ3n) is 3.52. The molecular formula is C19H24Cl3NO2. The van der Waals surface area contributed by atoms with E-state index >= 15 is 0 Å². The molecule has 138 valence electrons. The smallest absolute Gasteiger partial charge is 0.161 e. The van der Waals surface area contributed by atoms with E-state index in [0.717, 1.165) is 42.1 Å². The van der Waals surface area contributed by atoms with Crippen molar-refractivity contribution in [3.63, 3.8) is 0 Å². The Morgan fingerprint density at radius 2 is 1.64 bits per heavy atom. The molecule has 1 N–H and O–H groups in total. The van der Waals surface area contributed by atoms with Crippen molar-refractivity contribution >= 4 is 35.6 Å². The maximum Gasteiger partial charge on any atom is 0.161 e. The molecule has 0 aliphatic heterocycles. The fourth-order valence-corrected chi connectivity index (χ4v) is 2.89. The molecule has 2 rings (SSSR count). The number of halogens is 3. The van der Waals surface area contributed by atoms with Gasteiger partial charge in [0.2, 0.25) is 0 Å². The molecule has 2 aromatic rings. The van der Waals surface area contributed by atoms with Crippen LogP contribution in [-0.4, -0.2) is 19.8 Å². The van der Waals surface area contributed by atoms with Crippen LogP contribution in [0.4, 0.5) is 0 Å². The molecular weight excluding hydrogens is 381 g/mol. The second-order valence-electron chi connectivity index (χ2n) is 5.31. The highest BCUT2D eigenvalue weighted by Crippen LogP contribution is 2.28. The van der Waals surface area contributed by atoms with E-state index in [1.165, 1.54) is 0 Å². The molecule has 0 radical (unpaired) electrons. The summed E-state index contributed by atoms with van der Waals surface area (Å²) in [5, 5.41) is 4.80. The molecule has 0 unspecified atom stereocenters. The first-order valence-electron chi connectivity index (χ1n) is 8.17. The molecule has 0 atom stereocenters. The molecule has 3 nitrogen and oxygen atoms in total. The zero-order valence-electron chi connectivity index (χ0n) is 14.5. The molecule has 25 heavy (non-hydrogen) atoms. The molecule has 0 bridgehead atoms. The van der Waals surface area contributed by atoms with Crippen molar-refractivity contribution in [2.45, 2.75) is 26.8 Å². The van der Waals surface area contributed by atoms with E-state index in [9.17, 15) is 0 Å². The highest BCUT2D eigenvalue weighted by atomic mass is 35.5. The summed E-state index contributed by atoms with van der Waals surface area (Å²) >= 11 is 12.1. The van der Waals surface area contributed by atoms with Crippen LogP contribution in [0.3, 0.4) is 0 Å².